The van der Waals surface area contributed by atoms with Gasteiger partial charge in [0.2, 0.25) is 5.82 Å². The SMILES string of the molecule is O=C(Nc1c(Cl)cccc1Cl)N1CCN(c2ccc(-c3nc(-c4ccccc4)no3)cc2)CC1. The summed E-state index contributed by atoms with van der Waals surface area (Å²) >= 11 is 12.3. The fraction of sp³-hybridized carbons (Fsp3) is 0.160. The average Bonchev–Trinajstić information content (AvgIpc) is 3.37. The molecule has 1 aliphatic heterocycles. The molecule has 1 fully saturated rings. The van der Waals surface area contributed by atoms with E-state index >= 15 is 0 Å². The van der Waals surface area contributed by atoms with E-state index in [1.54, 1.807) is 23.1 Å². The van der Waals surface area contributed by atoms with Crippen LogP contribution >= 0.6 is 23.2 Å². The van der Waals surface area contributed by atoms with Crippen molar-refractivity contribution in [1.29, 1.82) is 0 Å². The zero-order valence-electron chi connectivity index (χ0n) is 18.1. The number of anilines is 2. The summed E-state index contributed by atoms with van der Waals surface area (Å²) in [6.45, 7) is 2.59. The van der Waals surface area contributed by atoms with Crippen LogP contribution in [0.25, 0.3) is 22.8 Å². The lowest BCUT2D eigenvalue weighted by Crippen LogP contribution is -2.50. The highest BCUT2D eigenvalue weighted by Gasteiger charge is 2.23. The molecule has 0 radical (unpaired) electrons. The molecule has 7 nitrogen and oxygen atoms in total. The molecule has 9 heteroatoms. The van der Waals surface area contributed by atoms with Crippen molar-refractivity contribution in [2.75, 3.05) is 36.4 Å². The highest BCUT2D eigenvalue weighted by molar-refractivity contribution is 6.39. The van der Waals surface area contributed by atoms with Gasteiger partial charge in [-0.1, -0.05) is 64.8 Å². The maximum absolute atomic E-state index is 12.7. The fourth-order valence-electron chi connectivity index (χ4n) is 3.83. The number of urea groups is 1. The van der Waals surface area contributed by atoms with Crippen LogP contribution in [0.3, 0.4) is 0 Å². The van der Waals surface area contributed by atoms with E-state index in [1.807, 2.05) is 54.6 Å². The fourth-order valence-corrected chi connectivity index (χ4v) is 4.32. The van der Waals surface area contributed by atoms with Crippen molar-refractivity contribution in [3.63, 3.8) is 0 Å². The smallest absolute Gasteiger partial charge is 0.322 e. The average molecular weight is 494 g/mol. The number of hydrogen-bond acceptors (Lipinski definition) is 5. The third-order valence-corrected chi connectivity index (χ3v) is 6.33. The van der Waals surface area contributed by atoms with Gasteiger partial charge >= 0.3 is 6.03 Å². The summed E-state index contributed by atoms with van der Waals surface area (Å²) in [4.78, 5) is 21.2. The molecule has 1 saturated heterocycles. The first-order valence-electron chi connectivity index (χ1n) is 10.8. The van der Waals surface area contributed by atoms with E-state index in [4.69, 9.17) is 27.7 Å². The number of piperazine rings is 1. The molecule has 0 aliphatic carbocycles. The van der Waals surface area contributed by atoms with Crippen molar-refractivity contribution in [2.45, 2.75) is 0 Å². The monoisotopic (exact) mass is 493 g/mol. The van der Waals surface area contributed by atoms with Crippen LogP contribution in [0.15, 0.2) is 77.3 Å². The molecule has 3 aromatic carbocycles. The maximum atomic E-state index is 12.7. The van der Waals surface area contributed by atoms with Gasteiger partial charge in [0.15, 0.2) is 0 Å². The second kappa shape index (κ2) is 9.75. The quantitative estimate of drug-likeness (QED) is 0.373. The van der Waals surface area contributed by atoms with Crippen LogP contribution in [0.5, 0.6) is 0 Å². The molecule has 2 heterocycles. The number of carbonyl (C=O) groups is 1. The Hall–Kier alpha value is -3.55. The molecule has 5 rings (SSSR count). The molecule has 0 spiro atoms. The first-order valence-corrected chi connectivity index (χ1v) is 11.6. The van der Waals surface area contributed by atoms with Gasteiger partial charge in [-0.15, -0.1) is 0 Å². The Balaban J connectivity index is 1.20. The molecule has 34 heavy (non-hydrogen) atoms. The van der Waals surface area contributed by atoms with Crippen LogP contribution in [0.4, 0.5) is 16.2 Å². The van der Waals surface area contributed by atoms with Crippen LogP contribution in [0, 0.1) is 0 Å². The molecule has 0 atom stereocenters. The summed E-state index contributed by atoms with van der Waals surface area (Å²) in [5, 5.41) is 7.73. The van der Waals surface area contributed by atoms with Gasteiger partial charge in [-0.2, -0.15) is 4.98 Å². The van der Waals surface area contributed by atoms with Crippen LogP contribution in [0.2, 0.25) is 10.0 Å². The summed E-state index contributed by atoms with van der Waals surface area (Å²) in [5.74, 6) is 1.04. The minimum absolute atomic E-state index is 0.212. The van der Waals surface area contributed by atoms with Crippen LogP contribution < -0.4 is 10.2 Å². The molecule has 1 aliphatic rings. The van der Waals surface area contributed by atoms with E-state index < -0.39 is 0 Å². The lowest BCUT2D eigenvalue weighted by atomic mass is 10.1. The third kappa shape index (κ3) is 4.71. The number of aromatic nitrogens is 2. The number of carbonyl (C=O) groups excluding carboxylic acids is 1. The second-order valence-electron chi connectivity index (χ2n) is 7.84. The van der Waals surface area contributed by atoms with Gasteiger partial charge in [-0.05, 0) is 36.4 Å². The largest absolute Gasteiger partial charge is 0.368 e. The van der Waals surface area contributed by atoms with E-state index in [1.165, 1.54) is 0 Å². The van der Waals surface area contributed by atoms with Gasteiger partial charge in [-0.25, -0.2) is 4.79 Å². The Kier molecular flexibility index (Phi) is 6.38. The number of amides is 2. The van der Waals surface area contributed by atoms with Gasteiger partial charge in [0.05, 0.1) is 15.7 Å². The summed E-state index contributed by atoms with van der Waals surface area (Å²) in [5.41, 5.74) is 3.27. The Labute approximate surface area is 206 Å². The Morgan fingerprint density at radius 2 is 1.50 bits per heavy atom. The Morgan fingerprint density at radius 1 is 0.824 bits per heavy atom. The predicted molar refractivity (Wildman–Crippen MR) is 134 cm³/mol. The number of rotatable bonds is 4. The molecule has 0 unspecified atom stereocenters. The number of benzene rings is 3. The number of hydrogen-bond donors (Lipinski definition) is 1. The van der Waals surface area contributed by atoms with Crippen LogP contribution in [0.1, 0.15) is 0 Å². The van der Waals surface area contributed by atoms with Crippen LogP contribution in [-0.2, 0) is 0 Å². The summed E-state index contributed by atoms with van der Waals surface area (Å²) in [7, 11) is 0. The van der Waals surface area contributed by atoms with Crippen molar-refractivity contribution < 1.29 is 9.32 Å². The first-order chi connectivity index (χ1) is 16.6. The van der Waals surface area contributed by atoms with Crippen molar-refractivity contribution in [2.24, 2.45) is 0 Å². The van der Waals surface area contributed by atoms with E-state index in [0.29, 0.717) is 53.6 Å². The molecule has 1 N–H and O–H groups in total. The minimum Gasteiger partial charge on any atom is -0.368 e. The first kappa shape index (κ1) is 22.3. The number of halogens is 2. The van der Waals surface area contributed by atoms with Gasteiger partial charge < -0.3 is 19.6 Å². The molecular weight excluding hydrogens is 473 g/mol. The van der Waals surface area contributed by atoms with Gasteiger partial charge in [-0.3, -0.25) is 0 Å². The van der Waals surface area contributed by atoms with Crippen molar-refractivity contribution in [1.82, 2.24) is 15.0 Å². The molecule has 172 valence electrons. The van der Waals surface area contributed by atoms with Crippen molar-refractivity contribution in [3.8, 4) is 22.8 Å². The van der Waals surface area contributed by atoms with E-state index in [0.717, 1.165) is 16.8 Å². The number of para-hydroxylation sites is 1. The van der Waals surface area contributed by atoms with Gasteiger partial charge in [0.25, 0.3) is 5.89 Å². The van der Waals surface area contributed by atoms with E-state index in [9.17, 15) is 4.79 Å². The molecule has 0 bridgehead atoms. The highest BCUT2D eigenvalue weighted by Crippen LogP contribution is 2.30. The van der Waals surface area contributed by atoms with Gasteiger partial charge in [0.1, 0.15) is 0 Å². The highest BCUT2D eigenvalue weighted by atomic mass is 35.5. The lowest BCUT2D eigenvalue weighted by Gasteiger charge is -2.36. The molecular formula is C25H21Cl2N5O2. The van der Waals surface area contributed by atoms with E-state index in [-0.39, 0.29) is 6.03 Å². The number of nitrogens with one attached hydrogen (secondary N) is 1. The van der Waals surface area contributed by atoms with Gasteiger partial charge in [0, 0.05) is 43.0 Å². The predicted octanol–water partition coefficient (Wildman–Crippen LogP) is 6.06. The normalized spacial score (nSPS) is 13.7. The van der Waals surface area contributed by atoms with Crippen molar-refractivity contribution in [3.05, 3.63) is 82.8 Å². The Bertz CT molecular complexity index is 1270. The summed E-state index contributed by atoms with van der Waals surface area (Å²) in [6.07, 6.45) is 0. The van der Waals surface area contributed by atoms with Crippen molar-refractivity contribution >= 4 is 40.6 Å². The second-order valence-corrected chi connectivity index (χ2v) is 8.65. The standard InChI is InChI=1S/C25H21Cl2N5O2/c26-20-7-4-8-21(27)22(20)28-25(33)32-15-13-31(14-16-32)19-11-9-18(10-12-19)24-29-23(30-34-24)17-5-2-1-3-6-17/h1-12H,13-16H2,(H,28,33). The molecule has 2 amide bonds. The van der Waals surface area contributed by atoms with E-state index in [2.05, 4.69) is 20.4 Å². The van der Waals surface area contributed by atoms with Crippen LogP contribution in [-0.4, -0.2) is 47.3 Å². The molecule has 1 aromatic heterocycles. The lowest BCUT2D eigenvalue weighted by molar-refractivity contribution is 0.208. The number of nitrogens with zero attached hydrogens (tertiary/aromatic N) is 4. The minimum atomic E-state index is -0.212. The summed E-state index contributed by atoms with van der Waals surface area (Å²) < 4.78 is 5.45. The Morgan fingerprint density at radius 3 is 2.18 bits per heavy atom. The maximum Gasteiger partial charge on any atom is 0.322 e. The zero-order valence-corrected chi connectivity index (χ0v) is 19.6. The molecule has 4 aromatic rings. The molecule has 0 saturated carbocycles. The topological polar surface area (TPSA) is 74.5 Å². The zero-order chi connectivity index (χ0) is 23.5. The summed E-state index contributed by atoms with van der Waals surface area (Å²) in [6, 6.07) is 22.6. The third-order valence-electron chi connectivity index (χ3n) is 5.70.